The van der Waals surface area contributed by atoms with Crippen LogP contribution in [0.25, 0.3) is 0 Å². The molecule has 3 aliphatic heterocycles. The second kappa shape index (κ2) is 13.0. The number of rotatable bonds is 8. The van der Waals surface area contributed by atoms with E-state index in [0.717, 1.165) is 75.2 Å². The molecular formula is C30H42N4O4. The molecule has 4 heterocycles. The van der Waals surface area contributed by atoms with E-state index in [1.165, 1.54) is 5.56 Å². The van der Waals surface area contributed by atoms with Crippen molar-refractivity contribution in [3.63, 3.8) is 0 Å². The van der Waals surface area contributed by atoms with Gasteiger partial charge < -0.3 is 29.7 Å². The molecule has 2 aromatic rings. The van der Waals surface area contributed by atoms with Crippen molar-refractivity contribution in [3.8, 4) is 0 Å². The first-order valence-corrected chi connectivity index (χ1v) is 14.2. The minimum atomic E-state index is 0.0882. The van der Waals surface area contributed by atoms with Gasteiger partial charge in [0.1, 0.15) is 5.82 Å². The van der Waals surface area contributed by atoms with Gasteiger partial charge in [-0.2, -0.15) is 0 Å². The molecule has 5 rings (SSSR count). The van der Waals surface area contributed by atoms with E-state index in [0.29, 0.717) is 25.2 Å². The number of ether oxygens (including phenoxy) is 3. The van der Waals surface area contributed by atoms with Crippen molar-refractivity contribution in [3.05, 3.63) is 59.3 Å². The molecule has 1 aromatic heterocycles. The maximum atomic E-state index is 13.5. The molecule has 0 spiro atoms. The highest BCUT2D eigenvalue weighted by atomic mass is 16.5. The Morgan fingerprint density at radius 3 is 2.71 bits per heavy atom. The van der Waals surface area contributed by atoms with E-state index in [1.54, 1.807) is 13.3 Å². The summed E-state index contributed by atoms with van der Waals surface area (Å²) in [4.78, 5) is 20.0. The molecule has 0 radical (unpaired) electrons. The van der Waals surface area contributed by atoms with Crippen molar-refractivity contribution in [1.82, 2.24) is 15.2 Å². The number of hydrogen-bond acceptors (Lipinski definition) is 7. The number of anilines is 1. The fourth-order valence-corrected chi connectivity index (χ4v) is 5.98. The van der Waals surface area contributed by atoms with Crippen LogP contribution >= 0.6 is 0 Å². The van der Waals surface area contributed by atoms with Crippen LogP contribution in [-0.2, 0) is 14.2 Å². The molecule has 1 aromatic carbocycles. The number of nitrogens with one attached hydrogen (secondary N) is 2. The van der Waals surface area contributed by atoms with E-state index in [4.69, 9.17) is 14.2 Å². The molecule has 0 bridgehead atoms. The lowest BCUT2D eigenvalue weighted by Crippen LogP contribution is -2.54. The van der Waals surface area contributed by atoms with Crippen molar-refractivity contribution >= 4 is 11.7 Å². The Kier molecular flexibility index (Phi) is 9.27. The zero-order valence-electron chi connectivity index (χ0n) is 22.7. The van der Waals surface area contributed by atoms with Gasteiger partial charge in [-0.3, -0.25) is 4.79 Å². The number of carbonyl (C=O) groups is 1. The van der Waals surface area contributed by atoms with Gasteiger partial charge in [0.15, 0.2) is 0 Å². The third kappa shape index (κ3) is 6.54. The molecule has 4 atom stereocenters. The molecule has 0 unspecified atom stereocenters. The Bertz CT molecular complexity index is 1040. The summed E-state index contributed by atoms with van der Waals surface area (Å²) >= 11 is 0. The van der Waals surface area contributed by atoms with Crippen LogP contribution in [0.1, 0.15) is 66.1 Å². The molecule has 8 heteroatoms. The first kappa shape index (κ1) is 27.1. The topological polar surface area (TPSA) is 85.0 Å². The highest BCUT2D eigenvalue weighted by Gasteiger charge is 2.31. The number of methoxy groups -OCH3 is 1. The largest absolute Gasteiger partial charge is 0.379 e. The summed E-state index contributed by atoms with van der Waals surface area (Å²) in [5.41, 5.74) is 2.87. The van der Waals surface area contributed by atoms with Gasteiger partial charge in [-0.25, -0.2) is 4.98 Å². The maximum absolute atomic E-state index is 13.5. The average Bonchev–Trinajstić information content (AvgIpc) is 2.97. The number of aromatic nitrogens is 1. The number of nitrogens with zero attached hydrogens (tertiary/aromatic N) is 2. The Labute approximate surface area is 226 Å². The average molecular weight is 523 g/mol. The van der Waals surface area contributed by atoms with E-state index >= 15 is 0 Å². The van der Waals surface area contributed by atoms with Crippen LogP contribution in [0.2, 0.25) is 0 Å². The Morgan fingerprint density at radius 1 is 1.11 bits per heavy atom. The number of pyridine rings is 1. The van der Waals surface area contributed by atoms with Gasteiger partial charge in [0.25, 0.3) is 5.91 Å². The standard InChI is InChI=1S/C30H42N4O4/c1-21-25(30(35)34-16-12-23(13-17-34)33-26-14-18-37-20-28(26)36-2)11-15-31-29(21)32-19-24-9-6-10-27(38-24)22-7-4-3-5-8-22/h3-5,7-8,11,15,23-24,26-28,33H,6,9-10,12-14,16-20H2,1-2H3,(H,31,32)/t24-,26+,27+,28-/m1/s1. The number of carbonyl (C=O) groups excluding carboxylic acids is 1. The molecule has 2 N–H and O–H groups in total. The van der Waals surface area contributed by atoms with Crippen LogP contribution < -0.4 is 10.6 Å². The zero-order chi connectivity index (χ0) is 26.3. The summed E-state index contributed by atoms with van der Waals surface area (Å²) in [6.07, 6.45) is 8.15. The first-order chi connectivity index (χ1) is 18.6. The predicted octanol–water partition coefficient (Wildman–Crippen LogP) is 4.11. The van der Waals surface area contributed by atoms with Gasteiger partial charge in [-0.1, -0.05) is 30.3 Å². The molecular weight excluding hydrogens is 480 g/mol. The van der Waals surface area contributed by atoms with E-state index in [1.807, 2.05) is 24.0 Å². The number of piperidine rings is 1. The van der Waals surface area contributed by atoms with Crippen LogP contribution in [0, 0.1) is 6.92 Å². The van der Waals surface area contributed by atoms with Crippen LogP contribution in [0.3, 0.4) is 0 Å². The molecule has 3 saturated heterocycles. The summed E-state index contributed by atoms with van der Waals surface area (Å²) < 4.78 is 17.5. The summed E-state index contributed by atoms with van der Waals surface area (Å²) in [5, 5.41) is 7.24. The SMILES string of the molecule is CO[C@@H]1COCC[C@@H]1NC1CCN(C(=O)c2ccnc(NC[C@H]3CCC[C@@H](c4ccccc4)O3)c2C)CC1. The van der Waals surface area contributed by atoms with Gasteiger partial charge in [0.05, 0.1) is 24.9 Å². The van der Waals surface area contributed by atoms with Crippen LogP contribution in [0.15, 0.2) is 42.6 Å². The lowest BCUT2D eigenvalue weighted by Gasteiger charge is -2.38. The van der Waals surface area contributed by atoms with Crippen LogP contribution in [0.4, 0.5) is 5.82 Å². The summed E-state index contributed by atoms with van der Waals surface area (Å²) in [6.45, 7) is 5.58. The normalized spacial score (nSPS) is 26.7. The van der Waals surface area contributed by atoms with Crippen molar-refractivity contribution in [2.75, 3.05) is 45.3 Å². The number of benzene rings is 1. The summed E-state index contributed by atoms with van der Waals surface area (Å²) in [5.74, 6) is 0.855. The molecule has 3 fully saturated rings. The minimum Gasteiger partial charge on any atom is -0.379 e. The second-order valence-corrected chi connectivity index (χ2v) is 10.8. The predicted molar refractivity (Wildman–Crippen MR) is 147 cm³/mol. The lowest BCUT2D eigenvalue weighted by molar-refractivity contribution is -0.0533. The molecule has 3 aliphatic rings. The van der Waals surface area contributed by atoms with Gasteiger partial charge in [-0.15, -0.1) is 0 Å². The van der Waals surface area contributed by atoms with Crippen molar-refractivity contribution in [2.45, 2.75) is 75.8 Å². The highest BCUT2D eigenvalue weighted by Crippen LogP contribution is 2.31. The smallest absolute Gasteiger partial charge is 0.254 e. The molecule has 38 heavy (non-hydrogen) atoms. The van der Waals surface area contributed by atoms with Gasteiger partial charge >= 0.3 is 0 Å². The third-order valence-corrected chi connectivity index (χ3v) is 8.29. The molecule has 0 aliphatic carbocycles. The quantitative estimate of drug-likeness (QED) is 0.540. The number of likely N-dealkylation sites (tertiary alicyclic amines) is 1. The maximum Gasteiger partial charge on any atom is 0.254 e. The summed E-state index contributed by atoms with van der Waals surface area (Å²) in [6, 6.07) is 13.0. The van der Waals surface area contributed by atoms with E-state index in [2.05, 4.69) is 39.9 Å². The molecule has 0 saturated carbocycles. The molecule has 206 valence electrons. The van der Waals surface area contributed by atoms with Gasteiger partial charge in [-0.05, 0) is 57.1 Å². The third-order valence-electron chi connectivity index (χ3n) is 8.29. The molecule has 1 amide bonds. The minimum absolute atomic E-state index is 0.0882. The second-order valence-electron chi connectivity index (χ2n) is 10.8. The fourth-order valence-electron chi connectivity index (χ4n) is 5.98. The highest BCUT2D eigenvalue weighted by molar-refractivity contribution is 5.96. The number of hydrogen-bond donors (Lipinski definition) is 2. The Hall–Kier alpha value is -2.52. The van der Waals surface area contributed by atoms with E-state index in [-0.39, 0.29) is 24.2 Å². The monoisotopic (exact) mass is 522 g/mol. The first-order valence-electron chi connectivity index (χ1n) is 14.2. The van der Waals surface area contributed by atoms with Crippen LogP contribution in [-0.4, -0.2) is 80.0 Å². The van der Waals surface area contributed by atoms with Gasteiger partial charge in [0, 0.05) is 62.8 Å². The molecule has 8 nitrogen and oxygen atoms in total. The van der Waals surface area contributed by atoms with Gasteiger partial charge in [0.2, 0.25) is 0 Å². The lowest BCUT2D eigenvalue weighted by atomic mass is 9.98. The summed E-state index contributed by atoms with van der Waals surface area (Å²) in [7, 11) is 1.75. The van der Waals surface area contributed by atoms with E-state index < -0.39 is 0 Å². The zero-order valence-corrected chi connectivity index (χ0v) is 22.7. The van der Waals surface area contributed by atoms with Crippen LogP contribution in [0.5, 0.6) is 0 Å². The van der Waals surface area contributed by atoms with Crippen molar-refractivity contribution in [2.24, 2.45) is 0 Å². The Balaban J connectivity index is 1.13. The van der Waals surface area contributed by atoms with E-state index in [9.17, 15) is 4.79 Å². The fraction of sp³-hybridized carbons (Fsp3) is 0.600. The van der Waals surface area contributed by atoms with Crippen molar-refractivity contribution < 1.29 is 19.0 Å². The van der Waals surface area contributed by atoms with Crippen molar-refractivity contribution in [1.29, 1.82) is 0 Å². The Morgan fingerprint density at radius 2 is 1.92 bits per heavy atom. The number of amides is 1.